The Morgan fingerprint density at radius 1 is 1.10 bits per heavy atom. The van der Waals surface area contributed by atoms with E-state index in [1.54, 1.807) is 31.2 Å². The molecule has 0 unspecified atom stereocenters. The molecule has 0 radical (unpaired) electrons. The Bertz CT molecular complexity index is 675. The van der Waals surface area contributed by atoms with Crippen LogP contribution in [0.3, 0.4) is 0 Å². The molecule has 0 aliphatic carbocycles. The van der Waals surface area contributed by atoms with Gasteiger partial charge < -0.3 is 10.6 Å². The summed E-state index contributed by atoms with van der Waals surface area (Å²) in [5, 5.41) is 13.2. The molecule has 0 atom stereocenters. The van der Waals surface area contributed by atoms with Gasteiger partial charge in [0.2, 0.25) is 0 Å². The van der Waals surface area contributed by atoms with Gasteiger partial charge in [-0.3, -0.25) is 19.0 Å². The molecule has 2 N–H and O–H groups in total. The minimum absolute atomic E-state index is 0.161. The Labute approximate surface area is 128 Å². The van der Waals surface area contributed by atoms with Gasteiger partial charge in [-0.1, -0.05) is 0 Å². The number of amides is 2. The molecule has 2 aromatic rings. The van der Waals surface area contributed by atoms with Gasteiger partial charge in [0.15, 0.2) is 11.4 Å². The van der Waals surface area contributed by atoms with Crippen molar-refractivity contribution in [2.24, 2.45) is 14.1 Å². The molecular weight excluding hydrogens is 375 g/mol. The van der Waals surface area contributed by atoms with Crippen molar-refractivity contribution in [1.82, 2.24) is 24.9 Å². The van der Waals surface area contributed by atoms with Gasteiger partial charge in [-0.05, 0) is 22.6 Å². The molecule has 0 saturated heterocycles. The number of carbonyl (C=O) groups excluding carboxylic acids is 2. The highest BCUT2D eigenvalue weighted by molar-refractivity contribution is 14.1. The number of halogens is 1. The minimum atomic E-state index is -0.381. The molecule has 9 heteroatoms. The van der Waals surface area contributed by atoms with Gasteiger partial charge >= 0.3 is 0 Å². The quantitative estimate of drug-likeness (QED) is 0.744. The van der Waals surface area contributed by atoms with Gasteiger partial charge in [0.1, 0.15) is 0 Å². The first-order valence-corrected chi connectivity index (χ1v) is 6.76. The van der Waals surface area contributed by atoms with E-state index in [9.17, 15) is 9.59 Å². The Hall–Kier alpha value is -1.91. The largest absolute Gasteiger partial charge is 0.354 e. The summed E-state index contributed by atoms with van der Waals surface area (Å²) in [7, 11) is 4.91. The second kappa shape index (κ2) is 5.61. The molecule has 0 aromatic carbocycles. The van der Waals surface area contributed by atoms with Crippen molar-refractivity contribution in [3.05, 3.63) is 27.4 Å². The first kappa shape index (κ1) is 14.5. The summed E-state index contributed by atoms with van der Waals surface area (Å²) >= 11 is 2.03. The van der Waals surface area contributed by atoms with Crippen LogP contribution >= 0.6 is 22.6 Å². The third-order valence-corrected chi connectivity index (χ3v) is 3.31. The van der Waals surface area contributed by atoms with Crippen molar-refractivity contribution in [3.8, 4) is 0 Å². The van der Waals surface area contributed by atoms with Crippen LogP contribution < -0.4 is 10.6 Å². The summed E-state index contributed by atoms with van der Waals surface area (Å²) in [6, 6.07) is 0. The summed E-state index contributed by atoms with van der Waals surface area (Å²) in [5.41, 5.74) is 0.812. The molecule has 0 bridgehead atoms. The van der Waals surface area contributed by atoms with Gasteiger partial charge in [0, 0.05) is 33.5 Å². The second-order valence-electron chi connectivity index (χ2n) is 4.10. The second-order valence-corrected chi connectivity index (χ2v) is 5.26. The van der Waals surface area contributed by atoms with Crippen LogP contribution in [0.25, 0.3) is 0 Å². The fraction of sp³-hybridized carbons (Fsp3) is 0.273. The van der Waals surface area contributed by atoms with Gasteiger partial charge in [0.05, 0.1) is 9.26 Å². The number of nitrogens with one attached hydrogen (secondary N) is 2. The molecule has 2 amide bonds. The van der Waals surface area contributed by atoms with E-state index in [0.717, 1.165) is 3.57 Å². The number of aryl methyl sites for hydroxylation is 2. The Kier molecular flexibility index (Phi) is 4.06. The molecule has 0 aliphatic rings. The Morgan fingerprint density at radius 3 is 2.25 bits per heavy atom. The predicted octanol–water partition coefficient (Wildman–Crippen LogP) is 0.370. The van der Waals surface area contributed by atoms with Crippen molar-refractivity contribution >= 4 is 40.1 Å². The van der Waals surface area contributed by atoms with Crippen LogP contribution in [0.2, 0.25) is 0 Å². The fourth-order valence-corrected chi connectivity index (χ4v) is 2.42. The number of hydrogen-bond donors (Lipinski definition) is 2. The van der Waals surface area contributed by atoms with E-state index in [1.807, 2.05) is 22.6 Å². The van der Waals surface area contributed by atoms with Crippen LogP contribution in [0, 0.1) is 3.57 Å². The van der Waals surface area contributed by atoms with E-state index >= 15 is 0 Å². The van der Waals surface area contributed by atoms with Gasteiger partial charge in [0.25, 0.3) is 11.8 Å². The number of hydrogen-bond acceptors (Lipinski definition) is 4. The molecule has 0 saturated carbocycles. The molecule has 0 aliphatic heterocycles. The lowest BCUT2D eigenvalue weighted by Gasteiger charge is -2.03. The van der Waals surface area contributed by atoms with Crippen molar-refractivity contribution in [2.45, 2.75) is 0 Å². The van der Waals surface area contributed by atoms with E-state index in [1.165, 1.54) is 11.7 Å². The lowest BCUT2D eigenvalue weighted by atomic mass is 10.3. The number of anilines is 1. The molecular formula is C11H13IN6O2. The number of rotatable bonds is 3. The summed E-state index contributed by atoms with van der Waals surface area (Å²) in [4.78, 5) is 23.8. The van der Waals surface area contributed by atoms with Crippen LogP contribution in [-0.4, -0.2) is 38.4 Å². The molecule has 20 heavy (non-hydrogen) atoms. The van der Waals surface area contributed by atoms with Crippen LogP contribution in [0.4, 0.5) is 5.69 Å². The van der Waals surface area contributed by atoms with E-state index in [-0.39, 0.29) is 17.5 Å². The van der Waals surface area contributed by atoms with Crippen molar-refractivity contribution in [2.75, 3.05) is 12.4 Å². The third kappa shape index (κ3) is 2.81. The monoisotopic (exact) mass is 388 g/mol. The molecule has 2 aromatic heterocycles. The lowest BCUT2D eigenvalue weighted by molar-refractivity contribution is 0.0958. The van der Waals surface area contributed by atoms with E-state index in [2.05, 4.69) is 20.8 Å². The SMILES string of the molecule is CNC(=O)c1nn(C)cc1NC(=O)c1nn(C)cc1I. The normalized spacial score (nSPS) is 10.4. The number of nitrogens with zero attached hydrogens (tertiary/aromatic N) is 4. The van der Waals surface area contributed by atoms with E-state index in [0.29, 0.717) is 11.4 Å². The summed E-state index contributed by atoms with van der Waals surface area (Å²) in [5.74, 6) is -0.746. The molecule has 0 spiro atoms. The standard InChI is InChI=1S/C11H13IN6O2/c1-13-10(19)9-7(5-18(3)16-9)14-11(20)8-6(12)4-17(2)15-8/h4-5H,1-3H3,(H,13,19)(H,14,20). The number of aromatic nitrogens is 4. The van der Waals surface area contributed by atoms with Crippen molar-refractivity contribution in [1.29, 1.82) is 0 Å². The number of carbonyl (C=O) groups is 2. The summed E-state index contributed by atoms with van der Waals surface area (Å²) < 4.78 is 3.75. The fourth-order valence-electron chi connectivity index (χ4n) is 1.66. The molecule has 8 nitrogen and oxygen atoms in total. The topological polar surface area (TPSA) is 93.8 Å². The lowest BCUT2D eigenvalue weighted by Crippen LogP contribution is -2.22. The maximum absolute atomic E-state index is 12.2. The first-order valence-electron chi connectivity index (χ1n) is 5.68. The smallest absolute Gasteiger partial charge is 0.277 e. The highest BCUT2D eigenvalue weighted by Crippen LogP contribution is 2.16. The van der Waals surface area contributed by atoms with Gasteiger partial charge in [-0.25, -0.2) is 0 Å². The molecule has 2 rings (SSSR count). The van der Waals surface area contributed by atoms with Crippen molar-refractivity contribution in [3.63, 3.8) is 0 Å². The third-order valence-electron chi connectivity index (χ3n) is 2.52. The Balaban J connectivity index is 2.28. The maximum atomic E-state index is 12.2. The summed E-state index contributed by atoms with van der Waals surface area (Å²) in [6.07, 6.45) is 3.30. The van der Waals surface area contributed by atoms with Crippen LogP contribution in [0.5, 0.6) is 0 Å². The molecule has 0 fully saturated rings. The van der Waals surface area contributed by atoms with Crippen molar-refractivity contribution < 1.29 is 9.59 Å². The van der Waals surface area contributed by atoms with Crippen LogP contribution in [0.15, 0.2) is 12.4 Å². The molecule has 106 valence electrons. The van der Waals surface area contributed by atoms with Gasteiger partial charge in [-0.2, -0.15) is 10.2 Å². The maximum Gasteiger partial charge on any atom is 0.277 e. The highest BCUT2D eigenvalue weighted by atomic mass is 127. The van der Waals surface area contributed by atoms with Crippen LogP contribution in [0.1, 0.15) is 21.0 Å². The zero-order valence-electron chi connectivity index (χ0n) is 11.1. The molecule has 2 heterocycles. The van der Waals surface area contributed by atoms with E-state index in [4.69, 9.17) is 0 Å². The minimum Gasteiger partial charge on any atom is -0.354 e. The van der Waals surface area contributed by atoms with E-state index < -0.39 is 0 Å². The zero-order chi connectivity index (χ0) is 14.9. The summed E-state index contributed by atoms with van der Waals surface area (Å²) in [6.45, 7) is 0. The average Bonchev–Trinajstić information content (AvgIpc) is 2.91. The highest BCUT2D eigenvalue weighted by Gasteiger charge is 2.20. The van der Waals surface area contributed by atoms with Crippen LogP contribution in [-0.2, 0) is 14.1 Å². The predicted molar refractivity (Wildman–Crippen MR) is 80.5 cm³/mol. The average molecular weight is 388 g/mol. The zero-order valence-corrected chi connectivity index (χ0v) is 13.3. The Morgan fingerprint density at radius 2 is 1.70 bits per heavy atom. The van der Waals surface area contributed by atoms with Gasteiger partial charge in [-0.15, -0.1) is 0 Å². The first-order chi connectivity index (χ1) is 9.42.